The minimum absolute atomic E-state index is 0.198. The standard InChI is InChI=1S/C14H29N3O/c1-4-17(5-2)11-12(3)16-14(18)9-8-13-7-6-10-15-13/h12-13,15H,4-11H2,1-3H3,(H,16,18). The summed E-state index contributed by atoms with van der Waals surface area (Å²) in [5, 5.41) is 6.52. The number of hydrogen-bond acceptors (Lipinski definition) is 3. The summed E-state index contributed by atoms with van der Waals surface area (Å²) in [6.45, 7) is 10.5. The van der Waals surface area contributed by atoms with Gasteiger partial charge in [0, 0.05) is 25.0 Å². The fourth-order valence-electron chi connectivity index (χ4n) is 2.57. The molecule has 1 aliphatic heterocycles. The Morgan fingerprint density at radius 1 is 1.44 bits per heavy atom. The van der Waals surface area contributed by atoms with Gasteiger partial charge in [-0.05, 0) is 45.8 Å². The number of carbonyl (C=O) groups is 1. The Morgan fingerprint density at radius 2 is 2.17 bits per heavy atom. The molecule has 0 bridgehead atoms. The van der Waals surface area contributed by atoms with Crippen LogP contribution in [0.5, 0.6) is 0 Å². The quantitative estimate of drug-likeness (QED) is 0.688. The molecule has 1 aliphatic rings. The summed E-state index contributed by atoms with van der Waals surface area (Å²) in [5.74, 6) is 0.198. The second-order valence-corrected chi connectivity index (χ2v) is 5.29. The van der Waals surface area contributed by atoms with Crippen molar-refractivity contribution in [2.24, 2.45) is 0 Å². The van der Waals surface area contributed by atoms with Gasteiger partial charge in [0.2, 0.25) is 5.91 Å². The van der Waals surface area contributed by atoms with E-state index >= 15 is 0 Å². The van der Waals surface area contributed by atoms with Crippen LogP contribution in [0.1, 0.15) is 46.5 Å². The van der Waals surface area contributed by atoms with Gasteiger partial charge in [-0.15, -0.1) is 0 Å². The summed E-state index contributed by atoms with van der Waals surface area (Å²) in [6, 6.07) is 0.808. The number of carbonyl (C=O) groups excluding carboxylic acids is 1. The number of likely N-dealkylation sites (N-methyl/N-ethyl adjacent to an activating group) is 1. The summed E-state index contributed by atoms with van der Waals surface area (Å²) < 4.78 is 0. The summed E-state index contributed by atoms with van der Waals surface area (Å²) in [5.41, 5.74) is 0. The number of nitrogens with zero attached hydrogens (tertiary/aromatic N) is 1. The van der Waals surface area contributed by atoms with E-state index < -0.39 is 0 Å². The molecule has 1 saturated heterocycles. The van der Waals surface area contributed by atoms with Gasteiger partial charge in [-0.2, -0.15) is 0 Å². The third-order valence-corrected chi connectivity index (χ3v) is 3.72. The zero-order valence-corrected chi connectivity index (χ0v) is 12.2. The average molecular weight is 255 g/mol. The Balaban J connectivity index is 2.13. The Labute approximate surface area is 111 Å². The van der Waals surface area contributed by atoms with Gasteiger partial charge in [0.25, 0.3) is 0 Å². The summed E-state index contributed by atoms with van der Waals surface area (Å²) >= 11 is 0. The molecule has 0 aromatic heterocycles. The van der Waals surface area contributed by atoms with E-state index in [1.807, 2.05) is 0 Å². The normalized spacial score (nSPS) is 21.2. The van der Waals surface area contributed by atoms with E-state index in [1.165, 1.54) is 12.8 Å². The van der Waals surface area contributed by atoms with E-state index in [2.05, 4.69) is 36.3 Å². The van der Waals surface area contributed by atoms with Crippen LogP contribution in [0.2, 0.25) is 0 Å². The molecule has 4 heteroatoms. The maximum Gasteiger partial charge on any atom is 0.220 e. The van der Waals surface area contributed by atoms with Gasteiger partial charge >= 0.3 is 0 Å². The number of rotatable bonds is 8. The lowest BCUT2D eigenvalue weighted by Crippen LogP contribution is -2.42. The van der Waals surface area contributed by atoms with E-state index in [-0.39, 0.29) is 11.9 Å². The second-order valence-electron chi connectivity index (χ2n) is 5.29. The van der Waals surface area contributed by atoms with E-state index in [9.17, 15) is 4.79 Å². The molecule has 18 heavy (non-hydrogen) atoms. The fourth-order valence-corrected chi connectivity index (χ4v) is 2.57. The molecule has 1 heterocycles. The summed E-state index contributed by atoms with van der Waals surface area (Å²) in [6.07, 6.45) is 4.11. The van der Waals surface area contributed by atoms with Crippen LogP contribution < -0.4 is 10.6 Å². The van der Waals surface area contributed by atoms with Crippen molar-refractivity contribution in [3.63, 3.8) is 0 Å². The molecular weight excluding hydrogens is 226 g/mol. The molecule has 0 aromatic carbocycles. The molecule has 0 saturated carbocycles. The molecule has 2 atom stereocenters. The highest BCUT2D eigenvalue weighted by Gasteiger charge is 2.16. The lowest BCUT2D eigenvalue weighted by atomic mass is 10.1. The number of hydrogen-bond donors (Lipinski definition) is 2. The zero-order chi connectivity index (χ0) is 13.4. The largest absolute Gasteiger partial charge is 0.352 e. The lowest BCUT2D eigenvalue weighted by molar-refractivity contribution is -0.122. The molecule has 1 fully saturated rings. The van der Waals surface area contributed by atoms with Crippen molar-refractivity contribution in [1.29, 1.82) is 0 Å². The second kappa shape index (κ2) is 8.48. The minimum Gasteiger partial charge on any atom is -0.352 e. The van der Waals surface area contributed by atoms with Gasteiger partial charge in [0.15, 0.2) is 0 Å². The molecule has 2 unspecified atom stereocenters. The first-order valence-corrected chi connectivity index (χ1v) is 7.40. The maximum absolute atomic E-state index is 11.8. The van der Waals surface area contributed by atoms with E-state index in [0.717, 1.165) is 32.6 Å². The van der Waals surface area contributed by atoms with Crippen LogP contribution in [-0.2, 0) is 4.79 Å². The highest BCUT2D eigenvalue weighted by molar-refractivity contribution is 5.76. The molecule has 1 amide bonds. The van der Waals surface area contributed by atoms with Crippen molar-refractivity contribution in [3.05, 3.63) is 0 Å². The van der Waals surface area contributed by atoms with E-state index in [4.69, 9.17) is 0 Å². The Kier molecular flexibility index (Phi) is 7.28. The first kappa shape index (κ1) is 15.4. The van der Waals surface area contributed by atoms with Crippen molar-refractivity contribution in [2.75, 3.05) is 26.2 Å². The highest BCUT2D eigenvalue weighted by atomic mass is 16.1. The van der Waals surface area contributed by atoms with Gasteiger partial charge in [-0.25, -0.2) is 0 Å². The molecule has 0 aromatic rings. The topological polar surface area (TPSA) is 44.4 Å². The Morgan fingerprint density at radius 3 is 2.72 bits per heavy atom. The van der Waals surface area contributed by atoms with Crippen LogP contribution in [-0.4, -0.2) is 49.1 Å². The minimum atomic E-state index is 0.198. The van der Waals surface area contributed by atoms with Crippen molar-refractivity contribution in [3.8, 4) is 0 Å². The highest BCUT2D eigenvalue weighted by Crippen LogP contribution is 2.10. The summed E-state index contributed by atoms with van der Waals surface area (Å²) in [7, 11) is 0. The van der Waals surface area contributed by atoms with Gasteiger partial charge in [-0.3, -0.25) is 4.79 Å². The third-order valence-electron chi connectivity index (χ3n) is 3.72. The lowest BCUT2D eigenvalue weighted by Gasteiger charge is -2.23. The molecular formula is C14H29N3O. The number of amides is 1. The fraction of sp³-hybridized carbons (Fsp3) is 0.929. The van der Waals surface area contributed by atoms with Crippen molar-refractivity contribution in [2.45, 2.75) is 58.5 Å². The average Bonchev–Trinajstić information content (AvgIpc) is 2.86. The van der Waals surface area contributed by atoms with Crippen molar-refractivity contribution in [1.82, 2.24) is 15.5 Å². The van der Waals surface area contributed by atoms with Gasteiger partial charge in [-0.1, -0.05) is 13.8 Å². The molecule has 0 radical (unpaired) electrons. The first-order valence-electron chi connectivity index (χ1n) is 7.40. The van der Waals surface area contributed by atoms with Gasteiger partial charge < -0.3 is 15.5 Å². The number of nitrogens with one attached hydrogen (secondary N) is 2. The maximum atomic E-state index is 11.8. The molecule has 1 rings (SSSR count). The first-order chi connectivity index (χ1) is 8.65. The van der Waals surface area contributed by atoms with E-state index in [1.54, 1.807) is 0 Å². The van der Waals surface area contributed by atoms with Gasteiger partial charge in [0.05, 0.1) is 0 Å². The molecule has 0 aliphatic carbocycles. The predicted octanol–water partition coefficient (Wildman–Crippen LogP) is 1.37. The van der Waals surface area contributed by atoms with Crippen LogP contribution in [0.15, 0.2) is 0 Å². The van der Waals surface area contributed by atoms with Crippen LogP contribution in [0.3, 0.4) is 0 Å². The molecule has 106 valence electrons. The zero-order valence-electron chi connectivity index (χ0n) is 12.2. The molecule has 4 nitrogen and oxygen atoms in total. The third kappa shape index (κ3) is 5.83. The van der Waals surface area contributed by atoms with Gasteiger partial charge in [0.1, 0.15) is 0 Å². The summed E-state index contributed by atoms with van der Waals surface area (Å²) in [4.78, 5) is 14.1. The Hall–Kier alpha value is -0.610. The van der Waals surface area contributed by atoms with Crippen LogP contribution in [0.4, 0.5) is 0 Å². The smallest absolute Gasteiger partial charge is 0.220 e. The van der Waals surface area contributed by atoms with Crippen LogP contribution in [0.25, 0.3) is 0 Å². The van der Waals surface area contributed by atoms with Crippen molar-refractivity contribution >= 4 is 5.91 Å². The SMILES string of the molecule is CCN(CC)CC(C)NC(=O)CCC1CCCN1. The van der Waals surface area contributed by atoms with E-state index in [0.29, 0.717) is 12.5 Å². The van der Waals surface area contributed by atoms with Crippen LogP contribution >= 0.6 is 0 Å². The van der Waals surface area contributed by atoms with Crippen molar-refractivity contribution < 1.29 is 4.79 Å². The molecule has 2 N–H and O–H groups in total. The Bertz CT molecular complexity index is 235. The predicted molar refractivity (Wildman–Crippen MR) is 75.7 cm³/mol. The monoisotopic (exact) mass is 255 g/mol. The van der Waals surface area contributed by atoms with Crippen LogP contribution in [0, 0.1) is 0 Å². The molecule has 0 spiro atoms.